The first kappa shape index (κ1) is 16.0. The highest BCUT2D eigenvalue weighted by molar-refractivity contribution is 7.89. The quantitative estimate of drug-likeness (QED) is 0.626. The van der Waals surface area contributed by atoms with E-state index in [1.54, 1.807) is 24.8 Å². The van der Waals surface area contributed by atoms with E-state index in [1.807, 2.05) is 24.0 Å². The fraction of sp³-hybridized carbons (Fsp3) is 0.429. The summed E-state index contributed by atoms with van der Waals surface area (Å²) < 4.78 is 29.9. The Labute approximate surface area is 144 Å². The van der Waals surface area contributed by atoms with Gasteiger partial charge in [-0.05, 0) is 19.1 Å². The van der Waals surface area contributed by atoms with Crippen LogP contribution in [0.4, 0.5) is 5.82 Å². The molecule has 4 heterocycles. The van der Waals surface area contributed by atoms with Crippen molar-refractivity contribution in [2.24, 2.45) is 7.05 Å². The number of sulfonamides is 1. The Morgan fingerprint density at radius 1 is 1.24 bits per heavy atom. The Morgan fingerprint density at radius 2 is 2.00 bits per heavy atom. The highest BCUT2D eigenvalue weighted by Gasteiger charge is 2.38. The zero-order valence-corrected chi connectivity index (χ0v) is 14.9. The van der Waals surface area contributed by atoms with Crippen LogP contribution in [0.15, 0.2) is 29.7 Å². The molecule has 10 nitrogen and oxygen atoms in total. The predicted molar refractivity (Wildman–Crippen MR) is 89.7 cm³/mol. The molecule has 25 heavy (non-hydrogen) atoms. The number of fused-ring (bicyclic) bond motifs is 1. The molecule has 3 aromatic heterocycles. The molecule has 0 spiro atoms. The van der Waals surface area contributed by atoms with Crippen molar-refractivity contribution in [3.63, 3.8) is 0 Å². The molecule has 1 aliphatic rings. The number of imidazole rings is 1. The molecular formula is C14H18N8O2S. The zero-order valence-electron chi connectivity index (χ0n) is 14.1. The van der Waals surface area contributed by atoms with Crippen molar-refractivity contribution < 1.29 is 8.42 Å². The van der Waals surface area contributed by atoms with E-state index in [9.17, 15) is 8.42 Å². The van der Waals surface area contributed by atoms with Gasteiger partial charge in [-0.25, -0.2) is 13.4 Å². The van der Waals surface area contributed by atoms with Gasteiger partial charge >= 0.3 is 0 Å². The van der Waals surface area contributed by atoms with E-state index in [-0.39, 0.29) is 11.2 Å². The number of rotatable bonds is 4. The van der Waals surface area contributed by atoms with Gasteiger partial charge in [0.25, 0.3) is 10.0 Å². The maximum atomic E-state index is 12.7. The van der Waals surface area contributed by atoms with E-state index >= 15 is 0 Å². The Kier molecular flexibility index (Phi) is 3.51. The molecule has 0 unspecified atom stereocenters. The fourth-order valence-corrected chi connectivity index (χ4v) is 4.26. The van der Waals surface area contributed by atoms with Gasteiger partial charge in [-0.1, -0.05) is 0 Å². The van der Waals surface area contributed by atoms with E-state index in [4.69, 9.17) is 0 Å². The SMILES string of the molecule is Cc1nnc2ccc(N3CC(N(C)S(=O)(=O)c4nccn4C)C3)nn12. The molecule has 0 radical (unpaired) electrons. The minimum atomic E-state index is -3.61. The van der Waals surface area contributed by atoms with Crippen molar-refractivity contribution in [2.75, 3.05) is 25.0 Å². The molecule has 0 aliphatic carbocycles. The van der Waals surface area contributed by atoms with Crippen LogP contribution >= 0.6 is 0 Å². The van der Waals surface area contributed by atoms with Crippen molar-refractivity contribution in [3.8, 4) is 0 Å². The van der Waals surface area contributed by atoms with Crippen LogP contribution in [0.25, 0.3) is 5.65 Å². The van der Waals surface area contributed by atoms with Crippen LogP contribution in [0.2, 0.25) is 0 Å². The molecule has 1 fully saturated rings. The average molecular weight is 362 g/mol. The summed E-state index contributed by atoms with van der Waals surface area (Å²) in [7, 11) is -0.354. The summed E-state index contributed by atoms with van der Waals surface area (Å²) in [5, 5.41) is 12.6. The van der Waals surface area contributed by atoms with Crippen LogP contribution in [0.5, 0.6) is 0 Å². The van der Waals surface area contributed by atoms with Gasteiger partial charge in [-0.2, -0.15) is 8.82 Å². The lowest BCUT2D eigenvalue weighted by Gasteiger charge is -2.43. The maximum absolute atomic E-state index is 12.7. The number of likely N-dealkylation sites (N-methyl/N-ethyl adjacent to an activating group) is 1. The molecule has 1 saturated heterocycles. The topological polar surface area (TPSA) is 102 Å². The lowest BCUT2D eigenvalue weighted by molar-refractivity contribution is 0.306. The summed E-state index contributed by atoms with van der Waals surface area (Å²) >= 11 is 0. The third-order valence-corrected chi connectivity index (χ3v) is 6.40. The van der Waals surface area contributed by atoms with Gasteiger partial charge in [-0.15, -0.1) is 15.3 Å². The first-order valence-corrected chi connectivity index (χ1v) is 9.21. The molecule has 0 saturated carbocycles. The smallest absolute Gasteiger partial charge is 0.277 e. The fourth-order valence-electron chi connectivity index (χ4n) is 2.85. The molecule has 4 rings (SSSR count). The van der Waals surface area contributed by atoms with E-state index < -0.39 is 10.0 Å². The Balaban J connectivity index is 1.51. The number of aryl methyl sites for hydroxylation is 2. The van der Waals surface area contributed by atoms with E-state index in [1.165, 1.54) is 15.1 Å². The molecule has 0 atom stereocenters. The summed E-state index contributed by atoms with van der Waals surface area (Å²) in [5.41, 5.74) is 0.688. The molecular weight excluding hydrogens is 344 g/mol. The number of aromatic nitrogens is 6. The van der Waals surface area contributed by atoms with E-state index in [0.29, 0.717) is 24.6 Å². The van der Waals surface area contributed by atoms with E-state index in [0.717, 1.165) is 5.82 Å². The molecule has 0 N–H and O–H groups in total. The van der Waals surface area contributed by atoms with Gasteiger partial charge in [0.15, 0.2) is 11.5 Å². The molecule has 1 aliphatic heterocycles. The molecule has 132 valence electrons. The summed E-state index contributed by atoms with van der Waals surface area (Å²) in [5.74, 6) is 1.48. The molecule has 0 amide bonds. The third-order valence-electron chi connectivity index (χ3n) is 4.49. The van der Waals surface area contributed by atoms with Crippen LogP contribution in [-0.2, 0) is 17.1 Å². The van der Waals surface area contributed by atoms with Gasteiger partial charge < -0.3 is 9.47 Å². The first-order chi connectivity index (χ1) is 11.9. The van der Waals surface area contributed by atoms with Crippen molar-refractivity contribution in [2.45, 2.75) is 18.1 Å². The van der Waals surface area contributed by atoms with Gasteiger partial charge in [0, 0.05) is 39.6 Å². The minimum absolute atomic E-state index is 0.0492. The number of nitrogens with zero attached hydrogens (tertiary/aromatic N) is 8. The summed E-state index contributed by atoms with van der Waals surface area (Å²) in [6.45, 7) is 2.97. The van der Waals surface area contributed by atoms with Gasteiger partial charge in [0.05, 0.1) is 6.04 Å². The molecule has 3 aromatic rings. The first-order valence-electron chi connectivity index (χ1n) is 7.77. The number of hydrogen-bond donors (Lipinski definition) is 0. The highest BCUT2D eigenvalue weighted by Crippen LogP contribution is 2.25. The Morgan fingerprint density at radius 3 is 2.68 bits per heavy atom. The van der Waals surface area contributed by atoms with Gasteiger partial charge in [-0.3, -0.25) is 0 Å². The summed E-state index contributed by atoms with van der Waals surface area (Å²) in [6.07, 6.45) is 3.10. The molecule has 0 bridgehead atoms. The Bertz CT molecular complexity index is 1030. The van der Waals surface area contributed by atoms with Gasteiger partial charge in [0.1, 0.15) is 5.82 Å². The second kappa shape index (κ2) is 5.49. The normalized spacial score (nSPS) is 15.9. The van der Waals surface area contributed by atoms with Crippen LogP contribution in [0.1, 0.15) is 5.82 Å². The monoisotopic (exact) mass is 362 g/mol. The van der Waals surface area contributed by atoms with Crippen LogP contribution in [-0.4, -0.2) is 68.3 Å². The Hall–Kier alpha value is -2.53. The van der Waals surface area contributed by atoms with Crippen molar-refractivity contribution in [1.29, 1.82) is 0 Å². The van der Waals surface area contributed by atoms with Gasteiger partial charge in [0.2, 0.25) is 5.16 Å². The number of hydrogen-bond acceptors (Lipinski definition) is 7. The largest absolute Gasteiger partial charge is 0.352 e. The molecule has 11 heteroatoms. The standard InChI is InChI=1S/C14H18N8O2S/c1-10-16-17-12-4-5-13(18-22(10)12)21-8-11(9-21)20(3)25(23,24)14-15-6-7-19(14)2/h4-7,11H,8-9H2,1-3H3. The maximum Gasteiger partial charge on any atom is 0.277 e. The average Bonchev–Trinajstić information content (AvgIpc) is 3.12. The second-order valence-electron chi connectivity index (χ2n) is 6.11. The minimum Gasteiger partial charge on any atom is -0.352 e. The highest BCUT2D eigenvalue weighted by atomic mass is 32.2. The van der Waals surface area contributed by atoms with Crippen molar-refractivity contribution in [3.05, 3.63) is 30.4 Å². The van der Waals surface area contributed by atoms with Crippen molar-refractivity contribution in [1.82, 2.24) is 33.7 Å². The summed E-state index contributed by atoms with van der Waals surface area (Å²) in [4.78, 5) is 5.98. The van der Waals surface area contributed by atoms with Crippen LogP contribution in [0.3, 0.4) is 0 Å². The number of anilines is 1. The summed E-state index contributed by atoms with van der Waals surface area (Å²) in [6, 6.07) is 3.60. The van der Waals surface area contributed by atoms with E-state index in [2.05, 4.69) is 20.3 Å². The zero-order chi connectivity index (χ0) is 17.8. The lowest BCUT2D eigenvalue weighted by atomic mass is 10.1. The lowest BCUT2D eigenvalue weighted by Crippen LogP contribution is -2.60. The predicted octanol–water partition coefficient (Wildman–Crippen LogP) is -0.324. The van der Waals surface area contributed by atoms with Crippen LogP contribution in [0, 0.1) is 6.92 Å². The van der Waals surface area contributed by atoms with Crippen LogP contribution < -0.4 is 4.90 Å². The third kappa shape index (κ3) is 2.46. The van der Waals surface area contributed by atoms with Crippen molar-refractivity contribution >= 4 is 21.5 Å². The molecule has 0 aromatic carbocycles. The second-order valence-corrected chi connectivity index (χ2v) is 8.00.